The van der Waals surface area contributed by atoms with Gasteiger partial charge in [0.1, 0.15) is 4.83 Å². The van der Waals surface area contributed by atoms with E-state index in [1.807, 2.05) is 6.92 Å². The number of carboxylic acid groups (broad SMARTS) is 1. The number of likely N-dealkylation sites (tertiary alicyclic amines) is 1. The van der Waals surface area contributed by atoms with Gasteiger partial charge in [0.25, 0.3) is 5.56 Å². The molecule has 2 aromatic rings. The van der Waals surface area contributed by atoms with Crippen molar-refractivity contribution in [1.29, 1.82) is 0 Å². The Kier molecular flexibility index (Phi) is 4.75. The maximum atomic E-state index is 12.9. The van der Waals surface area contributed by atoms with Crippen LogP contribution >= 0.6 is 11.3 Å². The molecule has 0 aromatic carbocycles. The molecule has 3 heterocycles. The minimum atomic E-state index is -0.856. The molecule has 27 heavy (non-hydrogen) atoms. The van der Waals surface area contributed by atoms with E-state index in [9.17, 15) is 19.5 Å². The summed E-state index contributed by atoms with van der Waals surface area (Å²) in [5.41, 5.74) is 1.09. The largest absolute Gasteiger partial charge is 0.481 e. The Morgan fingerprint density at radius 2 is 2.07 bits per heavy atom. The van der Waals surface area contributed by atoms with Crippen LogP contribution < -0.4 is 5.56 Å². The van der Waals surface area contributed by atoms with Crippen molar-refractivity contribution in [2.75, 3.05) is 13.1 Å². The first-order valence-corrected chi connectivity index (χ1v) is 10.3. The fourth-order valence-corrected chi connectivity index (χ4v) is 5.43. The van der Waals surface area contributed by atoms with Gasteiger partial charge in [-0.15, -0.1) is 11.3 Å². The fourth-order valence-electron chi connectivity index (χ4n) is 4.21. The molecule has 0 unspecified atom stereocenters. The van der Waals surface area contributed by atoms with E-state index in [-0.39, 0.29) is 36.9 Å². The van der Waals surface area contributed by atoms with Gasteiger partial charge in [-0.1, -0.05) is 6.92 Å². The topological polar surface area (TPSA) is 92.5 Å². The van der Waals surface area contributed by atoms with E-state index >= 15 is 0 Å². The van der Waals surface area contributed by atoms with Crippen molar-refractivity contribution >= 4 is 33.4 Å². The van der Waals surface area contributed by atoms with Crippen LogP contribution in [0.4, 0.5) is 0 Å². The Balaban J connectivity index is 1.49. The molecular formula is C19H23N3O4S. The molecule has 0 bridgehead atoms. The predicted octanol–water partition coefficient (Wildman–Crippen LogP) is 1.91. The smallest absolute Gasteiger partial charge is 0.308 e. The van der Waals surface area contributed by atoms with Gasteiger partial charge in [0.15, 0.2) is 0 Å². The standard InChI is InChI=1S/C19H23N3O4S/c1-11-8-22(9-13(11)19(25)26)15(23)6-7-21-10-20-17-16(18(21)24)12-4-2-3-5-14(12)27-17/h10-11,13H,2-9H2,1H3,(H,25,26)/t11-,13-/m1/s1. The van der Waals surface area contributed by atoms with E-state index in [4.69, 9.17) is 0 Å². The highest BCUT2D eigenvalue weighted by atomic mass is 32.1. The molecule has 0 spiro atoms. The number of rotatable bonds is 4. The lowest BCUT2D eigenvalue weighted by molar-refractivity contribution is -0.142. The molecule has 2 aromatic heterocycles. The Hall–Kier alpha value is -2.22. The van der Waals surface area contributed by atoms with Gasteiger partial charge < -0.3 is 10.0 Å². The summed E-state index contributed by atoms with van der Waals surface area (Å²) >= 11 is 1.62. The minimum absolute atomic E-state index is 0.0514. The number of aliphatic carboxylic acids is 1. The van der Waals surface area contributed by atoms with Gasteiger partial charge >= 0.3 is 5.97 Å². The molecule has 4 rings (SSSR count). The lowest BCUT2D eigenvalue weighted by Crippen LogP contribution is -2.32. The van der Waals surface area contributed by atoms with Gasteiger partial charge in [-0.25, -0.2) is 4.98 Å². The van der Waals surface area contributed by atoms with Crippen molar-refractivity contribution in [2.24, 2.45) is 11.8 Å². The summed E-state index contributed by atoms with van der Waals surface area (Å²) in [7, 11) is 0. The average Bonchev–Trinajstić information content (AvgIpc) is 3.21. The van der Waals surface area contributed by atoms with E-state index in [1.54, 1.807) is 16.2 Å². The molecule has 1 saturated heterocycles. The average molecular weight is 389 g/mol. The number of fused-ring (bicyclic) bond motifs is 3. The first-order valence-electron chi connectivity index (χ1n) is 9.46. The van der Waals surface area contributed by atoms with Crippen molar-refractivity contribution in [3.05, 3.63) is 27.1 Å². The Morgan fingerprint density at radius 1 is 1.30 bits per heavy atom. The highest BCUT2D eigenvalue weighted by Gasteiger charge is 2.36. The molecule has 1 amide bonds. The second-order valence-corrected chi connectivity index (χ2v) is 8.69. The summed E-state index contributed by atoms with van der Waals surface area (Å²) in [6.07, 6.45) is 5.92. The first-order chi connectivity index (χ1) is 13.0. The summed E-state index contributed by atoms with van der Waals surface area (Å²) in [4.78, 5) is 44.8. The van der Waals surface area contributed by atoms with Crippen molar-refractivity contribution in [3.63, 3.8) is 0 Å². The summed E-state index contributed by atoms with van der Waals surface area (Å²) in [5.74, 6) is -1.52. The molecule has 1 fully saturated rings. The number of aryl methyl sites for hydroxylation is 3. The number of carbonyl (C=O) groups excluding carboxylic acids is 1. The number of amides is 1. The number of nitrogens with zero attached hydrogens (tertiary/aromatic N) is 3. The van der Waals surface area contributed by atoms with Crippen molar-refractivity contribution in [3.8, 4) is 0 Å². The monoisotopic (exact) mass is 389 g/mol. The molecule has 1 aliphatic carbocycles. The number of carboxylic acids is 1. The summed E-state index contributed by atoms with van der Waals surface area (Å²) in [6.45, 7) is 2.83. The molecule has 1 aliphatic heterocycles. The minimum Gasteiger partial charge on any atom is -0.481 e. The lowest BCUT2D eigenvalue weighted by Gasteiger charge is -2.16. The molecule has 1 N–H and O–H groups in total. The second-order valence-electron chi connectivity index (χ2n) is 7.60. The Bertz CT molecular complexity index is 964. The lowest BCUT2D eigenvalue weighted by atomic mass is 9.97. The van der Waals surface area contributed by atoms with Gasteiger partial charge in [-0.3, -0.25) is 19.0 Å². The van der Waals surface area contributed by atoms with Crippen LogP contribution in [0.5, 0.6) is 0 Å². The highest BCUT2D eigenvalue weighted by molar-refractivity contribution is 7.18. The molecule has 0 saturated carbocycles. The Morgan fingerprint density at radius 3 is 2.81 bits per heavy atom. The maximum absolute atomic E-state index is 12.9. The summed E-state index contributed by atoms with van der Waals surface area (Å²) in [6, 6.07) is 0. The zero-order chi connectivity index (χ0) is 19.1. The summed E-state index contributed by atoms with van der Waals surface area (Å²) < 4.78 is 1.52. The summed E-state index contributed by atoms with van der Waals surface area (Å²) in [5, 5.41) is 9.94. The van der Waals surface area contributed by atoms with E-state index in [0.717, 1.165) is 41.5 Å². The van der Waals surface area contributed by atoms with Gasteiger partial charge in [0, 0.05) is 30.9 Å². The van der Waals surface area contributed by atoms with Gasteiger partial charge in [-0.05, 0) is 37.2 Å². The van der Waals surface area contributed by atoms with Crippen LogP contribution in [0, 0.1) is 11.8 Å². The first kappa shape index (κ1) is 18.2. The van der Waals surface area contributed by atoms with Gasteiger partial charge in [0.2, 0.25) is 5.91 Å². The molecule has 144 valence electrons. The third kappa shape index (κ3) is 3.26. The van der Waals surface area contributed by atoms with Crippen LogP contribution in [0.2, 0.25) is 0 Å². The fraction of sp³-hybridized carbons (Fsp3) is 0.579. The maximum Gasteiger partial charge on any atom is 0.308 e. The quantitative estimate of drug-likeness (QED) is 0.862. The van der Waals surface area contributed by atoms with Gasteiger partial charge in [0.05, 0.1) is 17.6 Å². The second kappa shape index (κ2) is 7.07. The Labute approximate surface area is 160 Å². The van der Waals surface area contributed by atoms with E-state index < -0.39 is 11.9 Å². The van der Waals surface area contributed by atoms with Crippen molar-refractivity contribution in [1.82, 2.24) is 14.5 Å². The van der Waals surface area contributed by atoms with Crippen LogP contribution in [-0.2, 0) is 29.0 Å². The van der Waals surface area contributed by atoms with E-state index in [1.165, 1.54) is 15.8 Å². The van der Waals surface area contributed by atoms with Crippen molar-refractivity contribution < 1.29 is 14.7 Å². The highest BCUT2D eigenvalue weighted by Crippen LogP contribution is 2.33. The number of aromatic nitrogens is 2. The van der Waals surface area contributed by atoms with E-state index in [2.05, 4.69) is 4.98 Å². The third-order valence-corrected chi connectivity index (χ3v) is 6.99. The number of hydrogen-bond acceptors (Lipinski definition) is 5. The third-order valence-electron chi connectivity index (χ3n) is 5.79. The SMILES string of the molecule is C[C@@H]1CN(C(=O)CCn2cnc3sc4c(c3c2=O)CCCC4)C[C@H]1C(=O)O. The zero-order valence-corrected chi connectivity index (χ0v) is 16.1. The predicted molar refractivity (Wildman–Crippen MR) is 102 cm³/mol. The molecule has 2 aliphatic rings. The van der Waals surface area contributed by atoms with Gasteiger partial charge in [-0.2, -0.15) is 0 Å². The molecule has 0 radical (unpaired) electrons. The number of carbonyl (C=O) groups is 2. The molecule has 8 heteroatoms. The number of hydrogen-bond donors (Lipinski definition) is 1. The van der Waals surface area contributed by atoms with Crippen molar-refractivity contribution in [2.45, 2.75) is 45.6 Å². The molecular weight excluding hydrogens is 366 g/mol. The number of thiophene rings is 1. The van der Waals surface area contributed by atoms with Crippen LogP contribution in [0.1, 0.15) is 36.6 Å². The van der Waals surface area contributed by atoms with E-state index in [0.29, 0.717) is 6.54 Å². The zero-order valence-electron chi connectivity index (χ0n) is 15.3. The normalized spacial score (nSPS) is 22.2. The van der Waals surface area contributed by atoms with Crippen LogP contribution in [0.15, 0.2) is 11.1 Å². The molecule has 7 nitrogen and oxygen atoms in total. The van der Waals surface area contributed by atoms with Crippen LogP contribution in [-0.4, -0.2) is 44.5 Å². The van der Waals surface area contributed by atoms with Crippen LogP contribution in [0.25, 0.3) is 10.2 Å². The van der Waals surface area contributed by atoms with Crippen LogP contribution in [0.3, 0.4) is 0 Å². The molecule has 2 atom stereocenters.